The number of amides is 2. The molecule has 0 spiro atoms. The van der Waals surface area contributed by atoms with Crippen molar-refractivity contribution >= 4 is 39.7 Å². The van der Waals surface area contributed by atoms with Crippen LogP contribution in [0.4, 0.5) is 10.5 Å². The number of fused-ring (bicyclic) bond motifs is 2. The lowest BCUT2D eigenvalue weighted by Gasteiger charge is -2.17. The number of thiazole rings is 1. The lowest BCUT2D eigenvalue weighted by atomic mass is 9.93. The van der Waals surface area contributed by atoms with Gasteiger partial charge in [-0.3, -0.25) is 0 Å². The molecular weight excluding hydrogens is 474 g/mol. The number of hydrogen-bond acceptors (Lipinski definition) is 7. The zero-order chi connectivity index (χ0) is 24.7. The highest BCUT2D eigenvalue weighted by atomic mass is 32.2. The average Bonchev–Trinajstić information content (AvgIpc) is 3.53. The Morgan fingerprint density at radius 1 is 1.26 bits per heavy atom. The highest BCUT2D eigenvalue weighted by molar-refractivity contribution is 7.94. The predicted molar refractivity (Wildman–Crippen MR) is 131 cm³/mol. The second-order valence-corrected chi connectivity index (χ2v) is 12.0. The van der Waals surface area contributed by atoms with Crippen LogP contribution in [0, 0.1) is 11.3 Å². The number of carbonyl (C=O) groups is 1. The van der Waals surface area contributed by atoms with E-state index in [4.69, 9.17) is 4.74 Å². The average molecular weight is 502 g/mol. The van der Waals surface area contributed by atoms with Crippen LogP contribution >= 0.6 is 11.3 Å². The van der Waals surface area contributed by atoms with Gasteiger partial charge < -0.3 is 15.2 Å². The number of aliphatic hydroxyl groups is 1. The quantitative estimate of drug-likeness (QED) is 0.573. The monoisotopic (exact) mass is 501 g/mol. The molecule has 180 valence electrons. The van der Waals surface area contributed by atoms with E-state index < -0.39 is 21.5 Å². The summed E-state index contributed by atoms with van der Waals surface area (Å²) in [5, 5.41) is 23.3. The molecular formula is C23H27N5O4S2. The summed E-state index contributed by atoms with van der Waals surface area (Å²) in [6.07, 6.45) is 4.97. The zero-order valence-electron chi connectivity index (χ0n) is 19.4. The Morgan fingerprint density at radius 2 is 1.85 bits per heavy atom. The van der Waals surface area contributed by atoms with Crippen molar-refractivity contribution in [3.05, 3.63) is 38.5 Å². The number of nitriles is 1. The van der Waals surface area contributed by atoms with E-state index in [0.717, 1.165) is 77.7 Å². The molecule has 2 aliphatic carbocycles. The van der Waals surface area contributed by atoms with Crippen molar-refractivity contribution in [2.45, 2.75) is 68.8 Å². The van der Waals surface area contributed by atoms with Crippen molar-refractivity contribution < 1.29 is 18.8 Å². The van der Waals surface area contributed by atoms with Crippen LogP contribution < -0.4 is 5.32 Å². The standard InChI is InChI=1S/C23H27N5O4S2/c1-23(2,30)21-26-18(12-32-4)20(33-21)34(31,25-3)28-22(29)27-19-15-9-5-7-13(15)17(11-24)14-8-6-10-16(14)19/h30H,3,5-10,12H2,1-2,4H3,(H,27,29). The van der Waals surface area contributed by atoms with Crippen molar-refractivity contribution in [1.82, 2.24) is 4.98 Å². The number of urea groups is 1. The smallest absolute Gasteiger partial charge is 0.355 e. The van der Waals surface area contributed by atoms with E-state index in [1.807, 2.05) is 0 Å². The van der Waals surface area contributed by atoms with E-state index in [2.05, 4.69) is 31.8 Å². The molecule has 1 aromatic carbocycles. The number of ether oxygens (including phenoxy) is 1. The molecule has 0 fully saturated rings. The third-order valence-corrected chi connectivity index (χ3v) is 9.66. The minimum absolute atomic E-state index is 0.0161. The largest absolute Gasteiger partial charge is 0.383 e. The number of benzene rings is 1. The first-order valence-electron chi connectivity index (χ1n) is 11.0. The Morgan fingerprint density at radius 3 is 2.35 bits per heavy atom. The summed E-state index contributed by atoms with van der Waals surface area (Å²) in [5.74, 6) is 0. The van der Waals surface area contributed by atoms with Gasteiger partial charge in [0.15, 0.2) is 9.92 Å². The van der Waals surface area contributed by atoms with E-state index in [-0.39, 0.29) is 10.8 Å². The van der Waals surface area contributed by atoms with E-state index in [9.17, 15) is 19.4 Å². The van der Waals surface area contributed by atoms with Gasteiger partial charge in [0.25, 0.3) is 0 Å². The first-order valence-corrected chi connectivity index (χ1v) is 13.3. The summed E-state index contributed by atoms with van der Waals surface area (Å²) in [5.41, 5.74) is 4.40. The Bertz CT molecular complexity index is 1310. The van der Waals surface area contributed by atoms with Gasteiger partial charge >= 0.3 is 6.03 Å². The van der Waals surface area contributed by atoms with Crippen LogP contribution in [0.15, 0.2) is 13.0 Å². The molecule has 1 heterocycles. The number of methoxy groups -OCH3 is 1. The minimum Gasteiger partial charge on any atom is -0.383 e. The van der Waals surface area contributed by atoms with E-state index >= 15 is 0 Å². The van der Waals surface area contributed by atoms with Gasteiger partial charge in [-0.05, 0) is 74.6 Å². The lowest BCUT2D eigenvalue weighted by molar-refractivity contribution is 0.0776. The minimum atomic E-state index is -3.62. The number of anilines is 1. The fraction of sp³-hybridized carbons (Fsp3) is 0.478. The maximum absolute atomic E-state index is 13.7. The summed E-state index contributed by atoms with van der Waals surface area (Å²) < 4.78 is 26.7. The molecule has 2 aromatic rings. The van der Waals surface area contributed by atoms with Crippen LogP contribution in [0.25, 0.3) is 0 Å². The Balaban J connectivity index is 1.77. The molecule has 1 aromatic heterocycles. The Labute approximate surface area is 203 Å². The van der Waals surface area contributed by atoms with Gasteiger partial charge in [-0.25, -0.2) is 14.0 Å². The fourth-order valence-corrected chi connectivity index (χ4v) is 7.33. The van der Waals surface area contributed by atoms with Crippen LogP contribution in [-0.2, 0) is 52.5 Å². The van der Waals surface area contributed by atoms with Gasteiger partial charge in [0.1, 0.15) is 14.8 Å². The molecule has 4 rings (SSSR count). The first-order chi connectivity index (χ1) is 16.1. The third kappa shape index (κ3) is 4.27. The Kier molecular flexibility index (Phi) is 6.61. The number of rotatable bonds is 6. The lowest BCUT2D eigenvalue weighted by Crippen LogP contribution is -2.15. The molecule has 1 atom stereocenters. The molecule has 0 aliphatic heterocycles. The Hall–Kier alpha value is -2.65. The molecule has 11 heteroatoms. The van der Waals surface area contributed by atoms with Gasteiger partial charge in [-0.1, -0.05) is 0 Å². The second kappa shape index (κ2) is 9.19. The third-order valence-electron chi connectivity index (χ3n) is 6.08. The number of aromatic nitrogens is 1. The molecule has 0 bridgehead atoms. The summed E-state index contributed by atoms with van der Waals surface area (Å²) in [6.45, 7) is 6.56. The molecule has 1 unspecified atom stereocenters. The van der Waals surface area contributed by atoms with Crippen LogP contribution in [0.5, 0.6) is 0 Å². The number of hydrogen-bond donors (Lipinski definition) is 2. The first kappa shape index (κ1) is 24.5. The summed E-state index contributed by atoms with van der Waals surface area (Å²) in [6, 6.07) is 1.57. The maximum Gasteiger partial charge on any atom is 0.355 e. The molecule has 9 nitrogen and oxygen atoms in total. The van der Waals surface area contributed by atoms with Crippen LogP contribution in [-0.4, -0.2) is 34.2 Å². The van der Waals surface area contributed by atoms with Crippen LogP contribution in [0.2, 0.25) is 0 Å². The summed E-state index contributed by atoms with van der Waals surface area (Å²) >= 11 is 0.971. The fourth-order valence-electron chi connectivity index (χ4n) is 4.65. The van der Waals surface area contributed by atoms with Gasteiger partial charge in [-0.2, -0.15) is 9.66 Å². The molecule has 0 saturated carbocycles. The van der Waals surface area contributed by atoms with Crippen LogP contribution in [0.3, 0.4) is 0 Å². The molecule has 34 heavy (non-hydrogen) atoms. The van der Waals surface area contributed by atoms with Crippen molar-refractivity contribution in [3.63, 3.8) is 0 Å². The predicted octanol–water partition coefficient (Wildman–Crippen LogP) is 4.04. The van der Waals surface area contributed by atoms with Crippen molar-refractivity contribution in [3.8, 4) is 6.07 Å². The van der Waals surface area contributed by atoms with E-state index in [1.54, 1.807) is 13.8 Å². The maximum atomic E-state index is 13.7. The number of carbonyl (C=O) groups excluding carboxylic acids is 1. The molecule has 0 saturated heterocycles. The van der Waals surface area contributed by atoms with Crippen molar-refractivity contribution in [2.24, 2.45) is 8.76 Å². The van der Waals surface area contributed by atoms with Gasteiger partial charge in [-0.15, -0.1) is 15.7 Å². The SMILES string of the molecule is C=NS(=O)(=NC(=O)Nc1c2c(c(C#N)c3c1CCC3)CCC2)c1sc(C(C)(C)O)nc1COC. The summed E-state index contributed by atoms with van der Waals surface area (Å²) in [4.78, 5) is 17.4. The van der Waals surface area contributed by atoms with E-state index in [1.165, 1.54) is 7.11 Å². The molecule has 2 aliphatic rings. The molecule has 2 amide bonds. The van der Waals surface area contributed by atoms with Crippen molar-refractivity contribution in [2.75, 3.05) is 12.4 Å². The molecule has 2 N–H and O–H groups in total. The van der Waals surface area contributed by atoms with Gasteiger partial charge in [0, 0.05) is 19.5 Å². The second-order valence-electron chi connectivity index (χ2n) is 8.88. The highest BCUT2D eigenvalue weighted by Crippen LogP contribution is 2.42. The molecule has 0 radical (unpaired) electrons. The van der Waals surface area contributed by atoms with Crippen molar-refractivity contribution in [1.29, 1.82) is 5.26 Å². The van der Waals surface area contributed by atoms with Gasteiger partial charge in [0.05, 0.1) is 23.9 Å². The number of nitrogens with zero attached hydrogens (tertiary/aromatic N) is 4. The topological polar surface area (TPSA) is 137 Å². The number of nitrogens with one attached hydrogen (secondary N) is 1. The normalized spacial score (nSPS) is 16.3. The van der Waals surface area contributed by atoms with E-state index in [0.29, 0.717) is 16.4 Å². The zero-order valence-corrected chi connectivity index (χ0v) is 21.1. The highest BCUT2D eigenvalue weighted by Gasteiger charge is 2.31. The van der Waals surface area contributed by atoms with Gasteiger partial charge in [0.2, 0.25) is 0 Å². The van der Waals surface area contributed by atoms with Crippen LogP contribution in [0.1, 0.15) is 65.2 Å². The summed E-state index contributed by atoms with van der Waals surface area (Å²) in [7, 11) is -2.15.